The molecule has 0 aliphatic heterocycles. The molecule has 1 aromatic carbocycles. The van der Waals surface area contributed by atoms with E-state index in [2.05, 4.69) is 20.8 Å². The van der Waals surface area contributed by atoms with Crippen molar-refractivity contribution >= 4 is 11.9 Å². The first kappa shape index (κ1) is 14.6. The molecule has 1 amide bonds. The zero-order chi connectivity index (χ0) is 15.4. The highest BCUT2D eigenvalue weighted by Crippen LogP contribution is 2.17. The summed E-state index contributed by atoms with van der Waals surface area (Å²) in [5, 5.41) is 22.1. The molecule has 0 radical (unpaired) electrons. The van der Waals surface area contributed by atoms with Crippen molar-refractivity contribution < 1.29 is 14.7 Å². The van der Waals surface area contributed by atoms with E-state index in [1.54, 1.807) is 12.1 Å². The molecule has 1 unspecified atom stereocenters. The van der Waals surface area contributed by atoms with Gasteiger partial charge in [0, 0.05) is 0 Å². The number of carboxylic acid groups (broad SMARTS) is 1. The smallest absolute Gasteiger partial charge is 0.330 e. The zero-order valence-electron chi connectivity index (χ0n) is 11.6. The highest BCUT2D eigenvalue weighted by Gasteiger charge is 2.22. The molecule has 110 valence electrons. The third kappa shape index (κ3) is 3.62. The Bertz CT molecular complexity index is 654. The monoisotopic (exact) mass is 289 g/mol. The Morgan fingerprint density at radius 3 is 2.67 bits per heavy atom. The predicted octanol–water partition coefficient (Wildman–Crippen LogP) is 0.232. The number of nitrogens with zero attached hydrogens (tertiary/aromatic N) is 4. The number of hydrogen-bond acceptors (Lipinski definition) is 5. The highest BCUT2D eigenvalue weighted by atomic mass is 16.4. The molecular formula is C13H15N5O3. The summed E-state index contributed by atoms with van der Waals surface area (Å²) in [6.07, 6.45) is 1.28. The van der Waals surface area contributed by atoms with Crippen LogP contribution in [0.2, 0.25) is 0 Å². The number of carbonyl (C=O) groups is 2. The van der Waals surface area contributed by atoms with Crippen LogP contribution in [0.1, 0.15) is 22.7 Å². The van der Waals surface area contributed by atoms with Crippen molar-refractivity contribution in [1.82, 2.24) is 25.5 Å². The summed E-state index contributed by atoms with van der Waals surface area (Å²) in [7, 11) is 0. The molecular weight excluding hydrogens is 274 g/mol. The van der Waals surface area contributed by atoms with Crippen molar-refractivity contribution in [3.63, 3.8) is 0 Å². The van der Waals surface area contributed by atoms with Crippen LogP contribution in [0.4, 0.5) is 0 Å². The number of benzene rings is 1. The number of hydrogen-bond donors (Lipinski definition) is 2. The van der Waals surface area contributed by atoms with Crippen molar-refractivity contribution in [3.8, 4) is 0 Å². The fraction of sp³-hybridized carbons (Fsp3) is 0.308. The van der Waals surface area contributed by atoms with E-state index in [0.29, 0.717) is 5.56 Å². The SMILES string of the molecule is Cc1ccc(C(NC(=O)Cn2cnnn2)C(=O)O)cc1C. The van der Waals surface area contributed by atoms with Crippen molar-refractivity contribution in [2.45, 2.75) is 26.4 Å². The molecule has 2 aromatic rings. The van der Waals surface area contributed by atoms with E-state index < -0.39 is 17.9 Å². The molecule has 8 nitrogen and oxygen atoms in total. The minimum Gasteiger partial charge on any atom is -0.479 e. The number of nitrogens with one attached hydrogen (secondary N) is 1. The molecule has 0 saturated carbocycles. The summed E-state index contributed by atoms with van der Waals surface area (Å²) in [5.74, 6) is -1.60. The first-order chi connectivity index (χ1) is 9.97. The number of aryl methyl sites for hydroxylation is 2. The maximum atomic E-state index is 11.9. The largest absolute Gasteiger partial charge is 0.479 e. The molecule has 0 bridgehead atoms. The minimum atomic E-state index is -1.12. The number of amides is 1. The Labute approximate surface area is 120 Å². The second kappa shape index (κ2) is 6.12. The van der Waals surface area contributed by atoms with Gasteiger partial charge in [0.15, 0.2) is 6.04 Å². The van der Waals surface area contributed by atoms with E-state index in [0.717, 1.165) is 11.1 Å². The lowest BCUT2D eigenvalue weighted by molar-refractivity contribution is -0.142. The van der Waals surface area contributed by atoms with Crippen LogP contribution in [0.3, 0.4) is 0 Å². The topological polar surface area (TPSA) is 110 Å². The fourth-order valence-electron chi connectivity index (χ4n) is 1.84. The molecule has 0 aliphatic rings. The number of aromatic nitrogens is 4. The summed E-state index contributed by atoms with van der Waals surface area (Å²) < 4.78 is 1.22. The Hall–Kier alpha value is -2.77. The maximum Gasteiger partial charge on any atom is 0.330 e. The zero-order valence-corrected chi connectivity index (χ0v) is 11.6. The molecule has 1 aromatic heterocycles. The molecule has 1 heterocycles. The second-order valence-corrected chi connectivity index (χ2v) is 4.69. The van der Waals surface area contributed by atoms with E-state index in [1.807, 2.05) is 19.9 Å². The Kier molecular flexibility index (Phi) is 4.27. The van der Waals surface area contributed by atoms with Gasteiger partial charge in [-0.1, -0.05) is 18.2 Å². The molecule has 0 aliphatic carbocycles. The van der Waals surface area contributed by atoms with Gasteiger partial charge < -0.3 is 10.4 Å². The van der Waals surface area contributed by atoms with Crippen LogP contribution in [0, 0.1) is 13.8 Å². The fourth-order valence-corrected chi connectivity index (χ4v) is 1.84. The first-order valence-corrected chi connectivity index (χ1v) is 6.27. The molecule has 0 spiro atoms. The van der Waals surface area contributed by atoms with E-state index >= 15 is 0 Å². The van der Waals surface area contributed by atoms with Gasteiger partial charge in [-0.05, 0) is 41.0 Å². The van der Waals surface area contributed by atoms with Crippen molar-refractivity contribution in [3.05, 3.63) is 41.2 Å². The van der Waals surface area contributed by atoms with Gasteiger partial charge in [-0.3, -0.25) is 4.79 Å². The van der Waals surface area contributed by atoms with Crippen LogP contribution < -0.4 is 5.32 Å². The summed E-state index contributed by atoms with van der Waals surface area (Å²) >= 11 is 0. The van der Waals surface area contributed by atoms with Crippen LogP contribution in [0.15, 0.2) is 24.5 Å². The van der Waals surface area contributed by atoms with Crippen molar-refractivity contribution in [1.29, 1.82) is 0 Å². The van der Waals surface area contributed by atoms with Gasteiger partial charge in [0.05, 0.1) is 0 Å². The summed E-state index contributed by atoms with van der Waals surface area (Å²) in [5.41, 5.74) is 2.55. The number of rotatable bonds is 5. The van der Waals surface area contributed by atoms with E-state index in [-0.39, 0.29) is 6.54 Å². The van der Waals surface area contributed by atoms with Crippen molar-refractivity contribution in [2.24, 2.45) is 0 Å². The van der Waals surface area contributed by atoms with Gasteiger partial charge in [-0.25, -0.2) is 9.48 Å². The number of tetrazole rings is 1. The predicted molar refractivity (Wildman–Crippen MR) is 72.3 cm³/mol. The van der Waals surface area contributed by atoms with Crippen molar-refractivity contribution in [2.75, 3.05) is 0 Å². The van der Waals surface area contributed by atoms with Crippen LogP contribution in [0.5, 0.6) is 0 Å². The van der Waals surface area contributed by atoms with E-state index in [4.69, 9.17) is 0 Å². The lowest BCUT2D eigenvalue weighted by Gasteiger charge is -2.16. The standard InChI is InChI=1S/C13H15N5O3/c1-8-3-4-10(5-9(8)2)12(13(20)21)15-11(19)6-18-7-14-16-17-18/h3-5,7,12H,6H2,1-2H3,(H,15,19)(H,20,21). The summed E-state index contributed by atoms with van der Waals surface area (Å²) in [6.45, 7) is 3.69. The average molecular weight is 289 g/mol. The van der Waals surface area contributed by atoms with E-state index in [1.165, 1.54) is 11.0 Å². The van der Waals surface area contributed by atoms with Gasteiger partial charge in [-0.2, -0.15) is 0 Å². The second-order valence-electron chi connectivity index (χ2n) is 4.69. The Morgan fingerprint density at radius 1 is 1.33 bits per heavy atom. The first-order valence-electron chi connectivity index (χ1n) is 6.27. The molecule has 0 fully saturated rings. The van der Waals surface area contributed by atoms with Gasteiger partial charge in [0.1, 0.15) is 12.9 Å². The molecule has 21 heavy (non-hydrogen) atoms. The van der Waals surface area contributed by atoms with Gasteiger partial charge in [0.2, 0.25) is 5.91 Å². The third-order valence-electron chi connectivity index (χ3n) is 3.11. The molecule has 2 N–H and O–H groups in total. The normalized spacial score (nSPS) is 11.9. The molecule has 1 atom stereocenters. The molecule has 0 saturated heterocycles. The maximum absolute atomic E-state index is 11.9. The Morgan fingerprint density at radius 2 is 2.10 bits per heavy atom. The lowest BCUT2D eigenvalue weighted by atomic mass is 10.0. The minimum absolute atomic E-state index is 0.137. The molecule has 8 heteroatoms. The number of carbonyl (C=O) groups excluding carboxylic acids is 1. The van der Waals surface area contributed by atoms with Gasteiger partial charge in [0.25, 0.3) is 0 Å². The van der Waals surface area contributed by atoms with Gasteiger partial charge >= 0.3 is 5.97 Å². The quantitative estimate of drug-likeness (QED) is 0.815. The summed E-state index contributed by atoms with van der Waals surface area (Å²) in [4.78, 5) is 23.2. The van der Waals surface area contributed by atoms with Crippen LogP contribution >= 0.6 is 0 Å². The number of aliphatic carboxylic acids is 1. The third-order valence-corrected chi connectivity index (χ3v) is 3.11. The van der Waals surface area contributed by atoms with Crippen LogP contribution in [-0.2, 0) is 16.1 Å². The highest BCUT2D eigenvalue weighted by molar-refractivity contribution is 5.84. The average Bonchev–Trinajstić information content (AvgIpc) is 2.92. The van der Waals surface area contributed by atoms with E-state index in [9.17, 15) is 14.7 Å². The lowest BCUT2D eigenvalue weighted by Crippen LogP contribution is -2.36. The van der Waals surface area contributed by atoms with Crippen LogP contribution in [0.25, 0.3) is 0 Å². The number of carboxylic acids is 1. The van der Waals surface area contributed by atoms with Crippen LogP contribution in [-0.4, -0.2) is 37.2 Å². The Balaban J connectivity index is 2.13. The molecule has 2 rings (SSSR count). The summed E-state index contributed by atoms with van der Waals surface area (Å²) in [6, 6.07) is 4.17. The van der Waals surface area contributed by atoms with Gasteiger partial charge in [-0.15, -0.1) is 5.10 Å².